The lowest BCUT2D eigenvalue weighted by Crippen LogP contribution is -2.38. The first-order chi connectivity index (χ1) is 10.0. The number of phenols is 1. The van der Waals surface area contributed by atoms with Crippen LogP contribution in [0.25, 0.3) is 10.9 Å². The van der Waals surface area contributed by atoms with Gasteiger partial charge in [-0.15, -0.1) is 0 Å². The standard InChI is InChI=1S/C17H26FNO2Si/c1-17(2,22(4,5)21)10-6-7-12-11-19(3)14-9-8-13(18)16(20)15(12)14/h8-9,11,20-21H,6-7,10H2,1-5H3. The molecule has 0 bridgehead atoms. The van der Waals surface area contributed by atoms with Gasteiger partial charge in [0.2, 0.25) is 0 Å². The van der Waals surface area contributed by atoms with Crippen molar-refractivity contribution in [1.82, 2.24) is 4.57 Å². The maximum Gasteiger partial charge on any atom is 0.188 e. The molecule has 2 aromatic rings. The average molecular weight is 323 g/mol. The molecule has 0 unspecified atom stereocenters. The Balaban J connectivity index is 2.21. The molecule has 2 rings (SSSR count). The molecule has 1 aromatic heterocycles. The minimum atomic E-state index is -2.21. The number of halogens is 1. The Labute approximate surface area is 132 Å². The van der Waals surface area contributed by atoms with Crippen molar-refractivity contribution in [3.63, 3.8) is 0 Å². The number of aromatic hydroxyl groups is 1. The maximum absolute atomic E-state index is 13.6. The highest BCUT2D eigenvalue weighted by Gasteiger charge is 2.37. The molecule has 0 spiro atoms. The third-order valence-electron chi connectivity index (χ3n) is 5.06. The third-order valence-corrected chi connectivity index (χ3v) is 8.62. The topological polar surface area (TPSA) is 45.4 Å². The molecule has 0 aliphatic carbocycles. The Hall–Kier alpha value is -1.33. The lowest BCUT2D eigenvalue weighted by atomic mass is 10.0. The molecule has 0 aliphatic heterocycles. The van der Waals surface area contributed by atoms with Gasteiger partial charge in [0.1, 0.15) is 0 Å². The normalized spacial score (nSPS) is 13.0. The summed E-state index contributed by atoms with van der Waals surface area (Å²) >= 11 is 0. The fourth-order valence-electron chi connectivity index (χ4n) is 2.75. The van der Waals surface area contributed by atoms with Gasteiger partial charge < -0.3 is 14.5 Å². The van der Waals surface area contributed by atoms with E-state index in [4.69, 9.17) is 0 Å². The lowest BCUT2D eigenvalue weighted by molar-refractivity contribution is 0.437. The Morgan fingerprint density at radius 1 is 1.27 bits per heavy atom. The fourth-order valence-corrected chi connectivity index (χ4v) is 3.54. The summed E-state index contributed by atoms with van der Waals surface area (Å²) in [7, 11) is -0.306. The van der Waals surface area contributed by atoms with Gasteiger partial charge >= 0.3 is 0 Å². The van der Waals surface area contributed by atoms with Gasteiger partial charge in [-0.3, -0.25) is 0 Å². The molecular formula is C17H26FNO2Si. The van der Waals surface area contributed by atoms with Crippen LogP contribution in [0.4, 0.5) is 4.39 Å². The summed E-state index contributed by atoms with van der Waals surface area (Å²) in [5.41, 5.74) is 1.80. The van der Waals surface area contributed by atoms with Crippen molar-refractivity contribution in [3.8, 4) is 5.75 Å². The van der Waals surface area contributed by atoms with Crippen molar-refractivity contribution < 1.29 is 14.3 Å². The largest absolute Gasteiger partial charge is 0.504 e. The molecule has 22 heavy (non-hydrogen) atoms. The van der Waals surface area contributed by atoms with E-state index in [2.05, 4.69) is 13.8 Å². The summed E-state index contributed by atoms with van der Waals surface area (Å²) in [6.45, 7) is 8.15. The first-order valence-electron chi connectivity index (χ1n) is 7.72. The van der Waals surface area contributed by atoms with E-state index in [1.165, 1.54) is 6.07 Å². The predicted octanol–water partition coefficient (Wildman–Crippen LogP) is 4.32. The molecule has 0 amide bonds. The predicted molar refractivity (Wildman–Crippen MR) is 91.2 cm³/mol. The molecule has 2 N–H and O–H groups in total. The maximum atomic E-state index is 13.6. The van der Waals surface area contributed by atoms with Crippen molar-refractivity contribution in [2.45, 2.75) is 51.2 Å². The minimum Gasteiger partial charge on any atom is -0.504 e. The second kappa shape index (κ2) is 5.70. The molecule has 0 saturated heterocycles. The van der Waals surface area contributed by atoms with Crippen LogP contribution in [0.2, 0.25) is 18.1 Å². The molecule has 122 valence electrons. The van der Waals surface area contributed by atoms with E-state index in [-0.39, 0.29) is 10.8 Å². The van der Waals surface area contributed by atoms with E-state index in [0.29, 0.717) is 5.39 Å². The van der Waals surface area contributed by atoms with Crippen molar-refractivity contribution in [2.75, 3.05) is 0 Å². The zero-order chi connectivity index (χ0) is 16.7. The van der Waals surface area contributed by atoms with Crippen molar-refractivity contribution in [2.24, 2.45) is 7.05 Å². The summed E-state index contributed by atoms with van der Waals surface area (Å²) in [6, 6.07) is 2.99. The number of benzene rings is 1. The van der Waals surface area contributed by atoms with Gasteiger partial charge in [0.15, 0.2) is 19.9 Å². The number of fused-ring (bicyclic) bond motifs is 1. The molecule has 0 saturated carbocycles. The van der Waals surface area contributed by atoms with E-state index in [0.717, 1.165) is 30.3 Å². The van der Waals surface area contributed by atoms with Crippen molar-refractivity contribution >= 4 is 19.2 Å². The summed E-state index contributed by atoms with van der Waals surface area (Å²) in [5, 5.41) is 10.6. The Kier molecular flexibility index (Phi) is 4.41. The molecule has 0 atom stereocenters. The SMILES string of the molecule is Cn1cc(CCCC(C)(C)[Si](C)(C)O)c2c(O)c(F)ccc21. The number of aryl methyl sites for hydroxylation is 2. The first kappa shape index (κ1) is 17.0. The zero-order valence-corrected chi connectivity index (χ0v) is 15.1. The Morgan fingerprint density at radius 3 is 2.50 bits per heavy atom. The van der Waals surface area contributed by atoms with Crippen LogP contribution in [-0.4, -0.2) is 22.8 Å². The van der Waals surface area contributed by atoms with Gasteiger partial charge in [0.25, 0.3) is 0 Å². The van der Waals surface area contributed by atoms with E-state index in [1.807, 2.05) is 30.9 Å². The van der Waals surface area contributed by atoms with Gasteiger partial charge in [0.05, 0.1) is 5.52 Å². The van der Waals surface area contributed by atoms with E-state index >= 15 is 0 Å². The molecule has 5 heteroatoms. The Bertz CT molecular complexity index is 686. The van der Waals surface area contributed by atoms with Crippen LogP contribution in [0.3, 0.4) is 0 Å². The van der Waals surface area contributed by atoms with Gasteiger partial charge in [0, 0.05) is 18.6 Å². The minimum absolute atomic E-state index is 0.0646. The smallest absolute Gasteiger partial charge is 0.188 e. The van der Waals surface area contributed by atoms with Crippen LogP contribution in [0.1, 0.15) is 32.3 Å². The number of nitrogens with zero attached hydrogens (tertiary/aromatic N) is 1. The van der Waals surface area contributed by atoms with Crippen LogP contribution in [0, 0.1) is 5.82 Å². The van der Waals surface area contributed by atoms with Gasteiger partial charge in [-0.1, -0.05) is 13.8 Å². The van der Waals surface area contributed by atoms with Crippen LogP contribution >= 0.6 is 0 Å². The second-order valence-electron chi connectivity index (χ2n) is 7.35. The zero-order valence-electron chi connectivity index (χ0n) is 14.1. The number of rotatable bonds is 5. The second-order valence-corrected chi connectivity index (χ2v) is 11.8. The number of hydrogen-bond acceptors (Lipinski definition) is 2. The molecule has 1 heterocycles. The van der Waals surface area contributed by atoms with Gasteiger partial charge in [-0.05, 0) is 55.1 Å². The van der Waals surface area contributed by atoms with E-state index in [1.54, 1.807) is 6.07 Å². The van der Waals surface area contributed by atoms with Crippen molar-refractivity contribution in [3.05, 3.63) is 29.7 Å². The first-order valence-corrected chi connectivity index (χ1v) is 10.7. The third kappa shape index (κ3) is 3.06. The lowest BCUT2D eigenvalue weighted by Gasteiger charge is -2.35. The van der Waals surface area contributed by atoms with Crippen LogP contribution < -0.4 is 0 Å². The van der Waals surface area contributed by atoms with E-state index in [9.17, 15) is 14.3 Å². The molecule has 0 fully saturated rings. The average Bonchev–Trinajstić information content (AvgIpc) is 2.69. The quantitative estimate of drug-likeness (QED) is 0.805. The highest BCUT2D eigenvalue weighted by molar-refractivity contribution is 6.72. The summed E-state index contributed by atoms with van der Waals surface area (Å²) in [5.74, 6) is -0.839. The van der Waals surface area contributed by atoms with Crippen molar-refractivity contribution in [1.29, 1.82) is 0 Å². The fraction of sp³-hybridized carbons (Fsp3) is 0.529. The summed E-state index contributed by atoms with van der Waals surface area (Å²) in [4.78, 5) is 10.3. The van der Waals surface area contributed by atoms with Gasteiger partial charge in [-0.25, -0.2) is 4.39 Å². The highest BCUT2D eigenvalue weighted by atomic mass is 28.4. The van der Waals surface area contributed by atoms with Crippen LogP contribution in [0.5, 0.6) is 5.75 Å². The molecule has 0 radical (unpaired) electrons. The number of phenolic OH excluding ortho intramolecular Hbond substituents is 1. The van der Waals surface area contributed by atoms with Crippen LogP contribution in [-0.2, 0) is 13.5 Å². The van der Waals surface area contributed by atoms with Gasteiger partial charge in [-0.2, -0.15) is 0 Å². The molecule has 3 nitrogen and oxygen atoms in total. The summed E-state index contributed by atoms with van der Waals surface area (Å²) in [6.07, 6.45) is 4.54. The monoisotopic (exact) mass is 323 g/mol. The highest BCUT2D eigenvalue weighted by Crippen LogP contribution is 2.41. The Morgan fingerprint density at radius 2 is 1.91 bits per heavy atom. The number of aromatic nitrogens is 1. The number of hydrogen-bond donors (Lipinski definition) is 2. The summed E-state index contributed by atoms with van der Waals surface area (Å²) < 4.78 is 15.5. The van der Waals surface area contributed by atoms with Crippen LogP contribution in [0.15, 0.2) is 18.3 Å². The van der Waals surface area contributed by atoms with E-state index < -0.39 is 14.1 Å². The molecular weight excluding hydrogens is 297 g/mol. The molecule has 0 aliphatic rings. The molecule has 1 aromatic carbocycles.